The van der Waals surface area contributed by atoms with Crippen LogP contribution in [0.15, 0.2) is 29.7 Å². The third kappa shape index (κ3) is 3.74. The Morgan fingerprint density at radius 1 is 1.20 bits per heavy atom. The molecule has 1 aromatic carbocycles. The summed E-state index contributed by atoms with van der Waals surface area (Å²) in [5.74, 6) is -0.893. The van der Waals surface area contributed by atoms with Crippen molar-refractivity contribution in [2.24, 2.45) is 0 Å². The summed E-state index contributed by atoms with van der Waals surface area (Å²) in [6, 6.07) is 6.13. The minimum atomic E-state index is -0.898. The van der Waals surface area contributed by atoms with Crippen molar-refractivity contribution >= 4 is 29.5 Å². The highest BCUT2D eigenvalue weighted by Crippen LogP contribution is 2.36. The summed E-state index contributed by atoms with van der Waals surface area (Å²) >= 11 is 1.27. The summed E-state index contributed by atoms with van der Waals surface area (Å²) in [5.41, 5.74) is 2.26. The minimum Gasteiger partial charge on any atom is -0.318 e. The number of aryl methyl sites for hydroxylation is 2. The first-order chi connectivity index (χ1) is 14.4. The van der Waals surface area contributed by atoms with Gasteiger partial charge in [-0.3, -0.25) is 24.3 Å². The zero-order valence-electron chi connectivity index (χ0n) is 17.2. The van der Waals surface area contributed by atoms with E-state index in [2.05, 4.69) is 21.6 Å². The highest BCUT2D eigenvalue weighted by molar-refractivity contribution is 7.99. The summed E-state index contributed by atoms with van der Waals surface area (Å²) in [6.07, 6.45) is 5.62. The van der Waals surface area contributed by atoms with Gasteiger partial charge in [0.2, 0.25) is 11.8 Å². The molecule has 0 unspecified atom stereocenters. The normalized spacial score (nSPS) is 18.5. The summed E-state index contributed by atoms with van der Waals surface area (Å²) < 4.78 is 1.87. The van der Waals surface area contributed by atoms with Gasteiger partial charge in [0, 0.05) is 0 Å². The van der Waals surface area contributed by atoms with E-state index >= 15 is 0 Å². The molecule has 9 heteroatoms. The van der Waals surface area contributed by atoms with Crippen LogP contribution in [-0.4, -0.2) is 55.2 Å². The Bertz CT molecular complexity index is 996. The molecule has 0 bridgehead atoms. The van der Waals surface area contributed by atoms with Crippen molar-refractivity contribution in [3.63, 3.8) is 0 Å². The fourth-order valence-corrected chi connectivity index (χ4v) is 5.13. The van der Waals surface area contributed by atoms with Crippen LogP contribution in [0.4, 0.5) is 0 Å². The van der Waals surface area contributed by atoms with Crippen molar-refractivity contribution in [1.82, 2.24) is 25.0 Å². The molecule has 1 saturated carbocycles. The van der Waals surface area contributed by atoms with Gasteiger partial charge in [0.15, 0.2) is 5.16 Å². The lowest BCUT2D eigenvalue weighted by atomic mass is 9.78. The first-order valence-corrected chi connectivity index (χ1v) is 11.1. The van der Waals surface area contributed by atoms with Crippen molar-refractivity contribution in [2.75, 3.05) is 12.3 Å². The molecule has 3 amide bonds. The molecular weight excluding hydrogens is 402 g/mol. The zero-order chi connectivity index (χ0) is 21.3. The number of carbonyl (C=O) groups is 3. The van der Waals surface area contributed by atoms with Gasteiger partial charge in [0.1, 0.15) is 18.4 Å². The molecule has 1 aliphatic heterocycles. The van der Waals surface area contributed by atoms with Crippen molar-refractivity contribution in [3.05, 3.63) is 35.7 Å². The van der Waals surface area contributed by atoms with Gasteiger partial charge >= 0.3 is 0 Å². The Balaban J connectivity index is 1.54. The summed E-state index contributed by atoms with van der Waals surface area (Å²) in [4.78, 5) is 39.3. The summed E-state index contributed by atoms with van der Waals surface area (Å²) in [5, 5.41) is 11.2. The van der Waals surface area contributed by atoms with Gasteiger partial charge in [-0.2, -0.15) is 0 Å². The van der Waals surface area contributed by atoms with E-state index in [0.717, 1.165) is 36.1 Å². The van der Waals surface area contributed by atoms with E-state index in [-0.39, 0.29) is 24.1 Å². The number of hydrogen-bond donors (Lipinski definition) is 1. The van der Waals surface area contributed by atoms with Crippen molar-refractivity contribution in [1.29, 1.82) is 0 Å². The SMILES string of the molecule is Cc1ccc(C)c(-n2cnnc2SCC(=O)N2CC(=O)NC(=O)C23CCCCC3)c1. The third-order valence-electron chi connectivity index (χ3n) is 5.94. The van der Waals surface area contributed by atoms with Crippen LogP contribution in [0.5, 0.6) is 0 Å². The van der Waals surface area contributed by atoms with Crippen LogP contribution in [0.25, 0.3) is 5.69 Å². The first-order valence-electron chi connectivity index (χ1n) is 10.2. The average molecular weight is 428 g/mol. The first kappa shape index (κ1) is 20.6. The fourth-order valence-electron chi connectivity index (χ4n) is 4.33. The number of hydrogen-bond acceptors (Lipinski definition) is 6. The van der Waals surface area contributed by atoms with Crippen LogP contribution in [0, 0.1) is 13.8 Å². The number of nitrogens with one attached hydrogen (secondary N) is 1. The van der Waals surface area contributed by atoms with Gasteiger partial charge in [-0.05, 0) is 43.9 Å². The van der Waals surface area contributed by atoms with E-state index in [4.69, 9.17) is 0 Å². The number of amides is 3. The predicted octanol–water partition coefficient (Wildman–Crippen LogP) is 2.16. The Labute approximate surface area is 179 Å². The molecule has 1 aliphatic carbocycles. The summed E-state index contributed by atoms with van der Waals surface area (Å²) in [6.45, 7) is 3.96. The number of aromatic nitrogens is 3. The molecule has 2 aliphatic rings. The van der Waals surface area contributed by atoms with E-state index < -0.39 is 11.4 Å². The molecule has 0 atom stereocenters. The third-order valence-corrected chi connectivity index (χ3v) is 6.87. The van der Waals surface area contributed by atoms with E-state index in [0.29, 0.717) is 18.0 Å². The Hall–Kier alpha value is -2.68. The van der Waals surface area contributed by atoms with Gasteiger partial charge in [0.05, 0.1) is 11.4 Å². The van der Waals surface area contributed by atoms with Crippen LogP contribution in [0.2, 0.25) is 0 Å². The van der Waals surface area contributed by atoms with Crippen LogP contribution in [0.3, 0.4) is 0 Å². The van der Waals surface area contributed by atoms with E-state index in [1.165, 1.54) is 16.7 Å². The number of nitrogens with zero attached hydrogens (tertiary/aromatic N) is 4. The molecule has 8 nitrogen and oxygen atoms in total. The Kier molecular flexibility index (Phi) is 5.64. The molecule has 4 rings (SSSR count). The fraction of sp³-hybridized carbons (Fsp3) is 0.476. The quantitative estimate of drug-likeness (QED) is 0.593. The topological polar surface area (TPSA) is 97.2 Å². The number of imide groups is 1. The number of benzene rings is 1. The van der Waals surface area contributed by atoms with Crippen molar-refractivity contribution < 1.29 is 14.4 Å². The highest BCUT2D eigenvalue weighted by atomic mass is 32.2. The van der Waals surface area contributed by atoms with Crippen molar-refractivity contribution in [3.8, 4) is 5.69 Å². The van der Waals surface area contributed by atoms with Crippen LogP contribution >= 0.6 is 11.8 Å². The van der Waals surface area contributed by atoms with Crippen LogP contribution in [0.1, 0.15) is 43.2 Å². The lowest BCUT2D eigenvalue weighted by Crippen LogP contribution is -2.69. The molecule has 30 heavy (non-hydrogen) atoms. The van der Waals surface area contributed by atoms with Crippen LogP contribution < -0.4 is 5.32 Å². The van der Waals surface area contributed by atoms with E-state index in [9.17, 15) is 14.4 Å². The number of piperazine rings is 1. The monoisotopic (exact) mass is 427 g/mol. The van der Waals surface area contributed by atoms with Crippen molar-refractivity contribution in [2.45, 2.75) is 56.6 Å². The smallest absolute Gasteiger partial charge is 0.252 e. The predicted molar refractivity (Wildman–Crippen MR) is 112 cm³/mol. The van der Waals surface area contributed by atoms with Crippen LogP contribution in [-0.2, 0) is 14.4 Å². The lowest BCUT2D eigenvalue weighted by molar-refractivity contribution is -0.158. The number of rotatable bonds is 4. The molecule has 2 aromatic rings. The molecule has 2 heterocycles. The van der Waals surface area contributed by atoms with Gasteiger partial charge in [-0.15, -0.1) is 10.2 Å². The summed E-state index contributed by atoms with van der Waals surface area (Å²) in [7, 11) is 0. The Morgan fingerprint density at radius 3 is 2.73 bits per heavy atom. The van der Waals surface area contributed by atoms with Gasteiger partial charge in [-0.25, -0.2) is 0 Å². The number of thioether (sulfide) groups is 1. The molecule has 1 aromatic heterocycles. The lowest BCUT2D eigenvalue weighted by Gasteiger charge is -2.47. The molecule has 1 saturated heterocycles. The maximum Gasteiger partial charge on any atom is 0.252 e. The van der Waals surface area contributed by atoms with E-state index in [1.807, 2.05) is 30.5 Å². The second-order valence-electron chi connectivity index (χ2n) is 8.01. The average Bonchev–Trinajstić information content (AvgIpc) is 3.20. The minimum absolute atomic E-state index is 0.0746. The maximum absolute atomic E-state index is 13.1. The second-order valence-corrected chi connectivity index (χ2v) is 8.95. The molecule has 0 radical (unpaired) electrons. The molecule has 2 fully saturated rings. The zero-order valence-corrected chi connectivity index (χ0v) is 18.0. The molecule has 1 spiro atoms. The van der Waals surface area contributed by atoms with E-state index in [1.54, 1.807) is 6.33 Å². The molecule has 1 N–H and O–H groups in total. The van der Waals surface area contributed by atoms with Gasteiger partial charge in [0.25, 0.3) is 5.91 Å². The number of carbonyl (C=O) groups excluding carboxylic acids is 3. The Morgan fingerprint density at radius 2 is 1.97 bits per heavy atom. The molecule has 158 valence electrons. The van der Waals surface area contributed by atoms with Gasteiger partial charge < -0.3 is 4.90 Å². The largest absolute Gasteiger partial charge is 0.318 e. The maximum atomic E-state index is 13.1. The highest BCUT2D eigenvalue weighted by Gasteiger charge is 2.50. The standard InChI is InChI=1S/C21H25N5O3S/c1-14-6-7-15(2)16(10-14)25-13-22-24-20(25)30-12-18(28)26-11-17(27)23-19(29)21(26)8-4-3-5-9-21/h6-7,10,13H,3-5,8-9,11-12H2,1-2H3,(H,23,27,29). The van der Waals surface area contributed by atoms with Gasteiger partial charge in [-0.1, -0.05) is 43.2 Å². The molecular formula is C21H25N5O3S. The second kappa shape index (κ2) is 8.22.